The molecule has 1 unspecified atom stereocenters. The third-order valence-electron chi connectivity index (χ3n) is 3.48. The maximum absolute atomic E-state index is 11.0. The molecule has 0 saturated heterocycles. The van der Waals surface area contributed by atoms with E-state index in [4.69, 9.17) is 5.11 Å². The summed E-state index contributed by atoms with van der Waals surface area (Å²) >= 11 is 0. The number of carbonyl (C=O) groups is 1. The maximum atomic E-state index is 11.0. The molecule has 0 aromatic rings. The molecule has 94 valence electrons. The number of hydrazine groups is 1. The van der Waals surface area contributed by atoms with Gasteiger partial charge in [-0.3, -0.25) is 15.1 Å². The van der Waals surface area contributed by atoms with Crippen molar-refractivity contribution in [2.75, 3.05) is 7.05 Å². The predicted molar refractivity (Wildman–Crippen MR) is 58.3 cm³/mol. The Morgan fingerprint density at radius 2 is 2.12 bits per heavy atom. The quantitative estimate of drug-likeness (QED) is 0.554. The highest BCUT2D eigenvalue weighted by molar-refractivity contribution is 5.87. The maximum Gasteiger partial charge on any atom is 0.360 e. The topological polar surface area (TPSA) is 95.7 Å². The van der Waals surface area contributed by atoms with Crippen LogP contribution in [0.3, 0.4) is 0 Å². The molecular formula is C10H15N3O4. The van der Waals surface area contributed by atoms with Crippen LogP contribution in [0, 0.1) is 16.0 Å². The number of hydrogen-bond acceptors (Lipinski definition) is 5. The van der Waals surface area contributed by atoms with Gasteiger partial charge in [0.2, 0.25) is 5.70 Å². The average molecular weight is 241 g/mol. The van der Waals surface area contributed by atoms with E-state index in [1.54, 1.807) is 0 Å². The highest BCUT2D eigenvalue weighted by atomic mass is 16.6. The largest absolute Gasteiger partial charge is 0.476 e. The standard InChI is InChI=1S/C10H15N3O4/c1-12-9(10(14)15)8(13(16)17)7(11-12)6-4-2-3-5-6/h6-7,11H,2-5H2,1H3,(H,14,15). The third-order valence-corrected chi connectivity index (χ3v) is 3.48. The van der Waals surface area contributed by atoms with Gasteiger partial charge in [0.05, 0.1) is 4.92 Å². The molecule has 0 aromatic heterocycles. The van der Waals surface area contributed by atoms with Gasteiger partial charge in [-0.2, -0.15) is 0 Å². The summed E-state index contributed by atoms with van der Waals surface area (Å²) in [7, 11) is 1.50. The van der Waals surface area contributed by atoms with Gasteiger partial charge in [0.15, 0.2) is 0 Å². The zero-order chi connectivity index (χ0) is 12.6. The van der Waals surface area contributed by atoms with E-state index < -0.39 is 16.9 Å². The average Bonchev–Trinajstić information content (AvgIpc) is 2.82. The van der Waals surface area contributed by atoms with Crippen LogP contribution in [0.5, 0.6) is 0 Å². The monoisotopic (exact) mass is 241 g/mol. The molecule has 1 fully saturated rings. The number of likely N-dealkylation sites (N-methyl/N-ethyl adjacent to an activating group) is 1. The molecule has 2 N–H and O–H groups in total. The zero-order valence-electron chi connectivity index (χ0n) is 9.55. The molecule has 7 heteroatoms. The Morgan fingerprint density at radius 3 is 2.59 bits per heavy atom. The molecule has 1 aliphatic carbocycles. The normalized spacial score (nSPS) is 25.7. The van der Waals surface area contributed by atoms with E-state index in [9.17, 15) is 14.9 Å². The molecule has 0 aromatic carbocycles. The van der Waals surface area contributed by atoms with E-state index in [0.29, 0.717) is 0 Å². The van der Waals surface area contributed by atoms with E-state index in [0.717, 1.165) is 25.7 Å². The van der Waals surface area contributed by atoms with E-state index in [1.165, 1.54) is 12.1 Å². The van der Waals surface area contributed by atoms with Crippen LogP contribution < -0.4 is 5.43 Å². The molecule has 1 aliphatic heterocycles. The lowest BCUT2D eigenvalue weighted by atomic mass is 9.96. The van der Waals surface area contributed by atoms with Crippen molar-refractivity contribution in [2.24, 2.45) is 5.92 Å². The van der Waals surface area contributed by atoms with E-state index >= 15 is 0 Å². The summed E-state index contributed by atoms with van der Waals surface area (Å²) in [6.45, 7) is 0. The number of rotatable bonds is 3. The Bertz CT molecular complexity index is 387. The minimum Gasteiger partial charge on any atom is -0.476 e. The fourth-order valence-corrected chi connectivity index (χ4v) is 2.73. The summed E-state index contributed by atoms with van der Waals surface area (Å²) in [6.07, 6.45) is 3.94. The Hall–Kier alpha value is -1.63. The van der Waals surface area contributed by atoms with Crippen LogP contribution in [0.1, 0.15) is 25.7 Å². The number of carboxylic acid groups (broad SMARTS) is 1. The van der Waals surface area contributed by atoms with Crippen LogP contribution in [0.25, 0.3) is 0 Å². The number of nitrogens with zero attached hydrogens (tertiary/aromatic N) is 2. The van der Waals surface area contributed by atoms with Gasteiger partial charge in [0, 0.05) is 7.05 Å². The van der Waals surface area contributed by atoms with Crippen molar-refractivity contribution in [2.45, 2.75) is 31.7 Å². The lowest BCUT2D eigenvalue weighted by Crippen LogP contribution is -2.40. The van der Waals surface area contributed by atoms with Crippen molar-refractivity contribution in [1.82, 2.24) is 10.4 Å². The second-order valence-corrected chi connectivity index (χ2v) is 4.51. The SMILES string of the molecule is CN1NC(C2CCCC2)C([N+](=O)[O-])=C1C(=O)O. The molecule has 7 nitrogen and oxygen atoms in total. The van der Waals surface area contributed by atoms with Crippen LogP contribution in [-0.4, -0.2) is 34.1 Å². The molecule has 1 saturated carbocycles. The number of hydrogen-bond donors (Lipinski definition) is 2. The van der Waals surface area contributed by atoms with Crippen LogP contribution in [0.15, 0.2) is 11.4 Å². The molecule has 0 spiro atoms. The van der Waals surface area contributed by atoms with Gasteiger partial charge in [-0.05, 0) is 18.8 Å². The summed E-state index contributed by atoms with van der Waals surface area (Å²) in [5.41, 5.74) is 2.45. The minimum atomic E-state index is -1.26. The number of carboxylic acids is 1. The Balaban J connectivity index is 2.35. The van der Waals surface area contributed by atoms with Crippen molar-refractivity contribution in [3.8, 4) is 0 Å². The van der Waals surface area contributed by atoms with Crippen LogP contribution in [0.2, 0.25) is 0 Å². The number of nitrogens with one attached hydrogen (secondary N) is 1. The highest BCUT2D eigenvalue weighted by Gasteiger charge is 2.46. The van der Waals surface area contributed by atoms with Crippen molar-refractivity contribution < 1.29 is 14.8 Å². The van der Waals surface area contributed by atoms with Crippen molar-refractivity contribution >= 4 is 5.97 Å². The Labute approximate surface area is 98.2 Å². The molecule has 1 heterocycles. The third kappa shape index (κ3) is 1.97. The summed E-state index contributed by atoms with van der Waals surface area (Å²) < 4.78 is 0. The molecule has 0 radical (unpaired) electrons. The summed E-state index contributed by atoms with van der Waals surface area (Å²) in [5.74, 6) is -1.10. The Morgan fingerprint density at radius 1 is 1.53 bits per heavy atom. The summed E-state index contributed by atoms with van der Waals surface area (Å²) in [5, 5.41) is 21.3. The first-order valence-electron chi connectivity index (χ1n) is 5.64. The summed E-state index contributed by atoms with van der Waals surface area (Å²) in [6, 6.07) is -0.469. The van der Waals surface area contributed by atoms with Crippen LogP contribution >= 0.6 is 0 Å². The van der Waals surface area contributed by atoms with Crippen molar-refractivity contribution in [3.05, 3.63) is 21.5 Å². The van der Waals surface area contributed by atoms with Gasteiger partial charge in [0.25, 0.3) is 5.70 Å². The van der Waals surface area contributed by atoms with Crippen LogP contribution in [-0.2, 0) is 4.79 Å². The molecule has 1 atom stereocenters. The number of aliphatic carboxylic acids is 1. The summed E-state index contributed by atoms with van der Waals surface area (Å²) in [4.78, 5) is 21.5. The van der Waals surface area contributed by atoms with Crippen molar-refractivity contribution in [3.63, 3.8) is 0 Å². The predicted octanol–water partition coefficient (Wildman–Crippen LogP) is 0.568. The second kappa shape index (κ2) is 4.33. The first-order chi connectivity index (χ1) is 8.02. The lowest BCUT2D eigenvalue weighted by Gasteiger charge is -2.19. The van der Waals surface area contributed by atoms with Gasteiger partial charge in [-0.1, -0.05) is 12.8 Å². The van der Waals surface area contributed by atoms with Crippen LogP contribution in [0.4, 0.5) is 0 Å². The first kappa shape index (κ1) is 11.8. The molecule has 17 heavy (non-hydrogen) atoms. The minimum absolute atomic E-state index is 0.162. The van der Waals surface area contributed by atoms with E-state index in [-0.39, 0.29) is 17.3 Å². The highest BCUT2D eigenvalue weighted by Crippen LogP contribution is 2.34. The van der Waals surface area contributed by atoms with E-state index in [2.05, 4.69) is 5.43 Å². The fourth-order valence-electron chi connectivity index (χ4n) is 2.73. The van der Waals surface area contributed by atoms with Crippen molar-refractivity contribution in [1.29, 1.82) is 0 Å². The fraction of sp³-hybridized carbons (Fsp3) is 0.700. The molecular weight excluding hydrogens is 226 g/mol. The van der Waals surface area contributed by atoms with Gasteiger partial charge in [-0.25, -0.2) is 10.2 Å². The Kier molecular flexibility index (Phi) is 3.01. The molecule has 2 rings (SSSR count). The molecule has 2 aliphatic rings. The molecule has 0 amide bonds. The van der Waals surface area contributed by atoms with Gasteiger partial charge < -0.3 is 5.11 Å². The molecule has 0 bridgehead atoms. The van der Waals surface area contributed by atoms with Gasteiger partial charge >= 0.3 is 5.97 Å². The van der Waals surface area contributed by atoms with E-state index in [1.807, 2.05) is 0 Å². The smallest absolute Gasteiger partial charge is 0.360 e. The zero-order valence-corrected chi connectivity index (χ0v) is 9.55. The lowest BCUT2D eigenvalue weighted by molar-refractivity contribution is -0.431. The van der Waals surface area contributed by atoms with Gasteiger partial charge in [-0.15, -0.1) is 0 Å². The first-order valence-corrected chi connectivity index (χ1v) is 5.64. The second-order valence-electron chi connectivity index (χ2n) is 4.51. The number of nitro groups is 1. The van der Waals surface area contributed by atoms with Gasteiger partial charge in [0.1, 0.15) is 6.04 Å².